The zero-order chi connectivity index (χ0) is 20.6. The standard InChI is InChI=1S/C22H23ClN4O2/c1-3-18(29)27-12-4-9-22(27,2)21-25-19(14-7-10-24-11-8-14)20(26-21)15-5-6-16(23)17(28)13-15/h5-8,10-11,13,28H,3-4,9,12H2,1-2H3,(H,25,26). The monoisotopic (exact) mass is 410 g/mol. The molecule has 2 N–H and O–H groups in total. The van der Waals surface area contributed by atoms with Gasteiger partial charge in [0, 0.05) is 36.5 Å². The van der Waals surface area contributed by atoms with Gasteiger partial charge >= 0.3 is 0 Å². The lowest BCUT2D eigenvalue weighted by Crippen LogP contribution is -2.43. The molecular formula is C22H23ClN4O2. The predicted octanol–water partition coefficient (Wildman–Crippen LogP) is 4.75. The van der Waals surface area contributed by atoms with Crippen molar-refractivity contribution in [1.29, 1.82) is 0 Å². The van der Waals surface area contributed by atoms with E-state index in [-0.39, 0.29) is 16.7 Å². The van der Waals surface area contributed by atoms with E-state index < -0.39 is 5.54 Å². The van der Waals surface area contributed by atoms with E-state index in [1.54, 1.807) is 24.5 Å². The van der Waals surface area contributed by atoms with Crippen LogP contribution < -0.4 is 0 Å². The predicted molar refractivity (Wildman–Crippen MR) is 113 cm³/mol. The number of phenols is 1. The molecule has 1 atom stereocenters. The van der Waals surface area contributed by atoms with Crippen LogP contribution >= 0.6 is 11.6 Å². The molecule has 0 radical (unpaired) electrons. The highest BCUT2D eigenvalue weighted by Gasteiger charge is 2.43. The summed E-state index contributed by atoms with van der Waals surface area (Å²) >= 11 is 6.00. The highest BCUT2D eigenvalue weighted by Crippen LogP contribution is 2.41. The molecule has 3 heterocycles. The number of phenolic OH excluding ortho intramolecular Hbond substituents is 1. The third-order valence-electron chi connectivity index (χ3n) is 5.65. The number of pyridine rings is 1. The summed E-state index contributed by atoms with van der Waals surface area (Å²) in [6.07, 6.45) is 5.69. The summed E-state index contributed by atoms with van der Waals surface area (Å²) in [6, 6.07) is 8.91. The quantitative estimate of drug-likeness (QED) is 0.650. The molecule has 0 aliphatic carbocycles. The average Bonchev–Trinajstić information content (AvgIpc) is 3.35. The topological polar surface area (TPSA) is 82.1 Å². The van der Waals surface area contributed by atoms with E-state index in [0.29, 0.717) is 12.1 Å². The molecule has 2 aromatic heterocycles. The lowest BCUT2D eigenvalue weighted by atomic mass is 9.97. The number of rotatable bonds is 4. The number of aromatic hydroxyl groups is 1. The first-order chi connectivity index (χ1) is 13.9. The van der Waals surface area contributed by atoms with Gasteiger partial charge in [-0.2, -0.15) is 0 Å². The number of aromatic nitrogens is 3. The van der Waals surface area contributed by atoms with Gasteiger partial charge in [0.05, 0.1) is 21.9 Å². The molecule has 1 aromatic carbocycles. The molecule has 1 fully saturated rings. The molecule has 0 spiro atoms. The molecule has 1 amide bonds. The van der Waals surface area contributed by atoms with E-state index >= 15 is 0 Å². The zero-order valence-electron chi connectivity index (χ0n) is 16.4. The number of likely N-dealkylation sites (tertiary alicyclic amines) is 1. The summed E-state index contributed by atoms with van der Waals surface area (Å²) in [4.78, 5) is 27.0. The van der Waals surface area contributed by atoms with Crippen LogP contribution in [0, 0.1) is 0 Å². The minimum atomic E-state index is -0.498. The van der Waals surface area contributed by atoms with E-state index in [2.05, 4.69) is 16.9 Å². The molecule has 3 aromatic rings. The normalized spacial score (nSPS) is 18.9. The number of H-pyrrole nitrogens is 1. The largest absolute Gasteiger partial charge is 0.506 e. The van der Waals surface area contributed by atoms with Gasteiger partial charge in [-0.05, 0) is 44.0 Å². The summed E-state index contributed by atoms with van der Waals surface area (Å²) in [5, 5.41) is 10.4. The van der Waals surface area contributed by atoms with Crippen LogP contribution in [0.3, 0.4) is 0 Å². The lowest BCUT2D eigenvalue weighted by molar-refractivity contribution is -0.135. The molecule has 4 rings (SSSR count). The van der Waals surface area contributed by atoms with Crippen LogP contribution in [-0.4, -0.2) is 37.4 Å². The van der Waals surface area contributed by atoms with Gasteiger partial charge in [0.1, 0.15) is 11.6 Å². The van der Waals surface area contributed by atoms with E-state index in [1.165, 1.54) is 0 Å². The van der Waals surface area contributed by atoms with Crippen molar-refractivity contribution >= 4 is 17.5 Å². The number of benzene rings is 1. The van der Waals surface area contributed by atoms with Gasteiger partial charge < -0.3 is 15.0 Å². The van der Waals surface area contributed by atoms with E-state index in [1.807, 2.05) is 30.0 Å². The molecule has 1 saturated heterocycles. The molecule has 7 heteroatoms. The number of hydrogen-bond acceptors (Lipinski definition) is 4. The highest BCUT2D eigenvalue weighted by molar-refractivity contribution is 6.32. The fourth-order valence-electron chi connectivity index (χ4n) is 4.02. The maximum absolute atomic E-state index is 12.5. The Balaban J connectivity index is 1.88. The maximum Gasteiger partial charge on any atom is 0.223 e. The molecule has 0 saturated carbocycles. The minimum Gasteiger partial charge on any atom is -0.506 e. The number of halogens is 1. The Bertz CT molecular complexity index is 1050. The Morgan fingerprint density at radius 1 is 1.28 bits per heavy atom. The van der Waals surface area contributed by atoms with Crippen LogP contribution in [-0.2, 0) is 10.3 Å². The van der Waals surface area contributed by atoms with Crippen LogP contribution in [0.1, 0.15) is 38.9 Å². The molecular weight excluding hydrogens is 388 g/mol. The smallest absolute Gasteiger partial charge is 0.223 e. The van der Waals surface area contributed by atoms with Crippen molar-refractivity contribution in [1.82, 2.24) is 19.9 Å². The Kier molecular flexibility index (Phi) is 5.04. The summed E-state index contributed by atoms with van der Waals surface area (Å²) in [7, 11) is 0. The highest BCUT2D eigenvalue weighted by atomic mass is 35.5. The first-order valence-electron chi connectivity index (χ1n) is 9.74. The van der Waals surface area contributed by atoms with Gasteiger partial charge in [-0.1, -0.05) is 24.6 Å². The van der Waals surface area contributed by atoms with Crippen LogP contribution in [0.15, 0.2) is 42.7 Å². The maximum atomic E-state index is 12.5. The zero-order valence-corrected chi connectivity index (χ0v) is 17.2. The number of amides is 1. The Morgan fingerprint density at radius 3 is 2.72 bits per heavy atom. The second-order valence-corrected chi connectivity index (χ2v) is 7.89. The van der Waals surface area contributed by atoms with Crippen molar-refractivity contribution in [3.63, 3.8) is 0 Å². The van der Waals surface area contributed by atoms with Crippen LogP contribution in [0.2, 0.25) is 5.02 Å². The van der Waals surface area contributed by atoms with Gasteiger partial charge in [-0.15, -0.1) is 0 Å². The average molecular weight is 411 g/mol. The number of hydrogen-bond donors (Lipinski definition) is 2. The number of carbonyl (C=O) groups excluding carboxylic acids is 1. The molecule has 29 heavy (non-hydrogen) atoms. The van der Waals surface area contributed by atoms with Crippen molar-refractivity contribution in [2.75, 3.05) is 6.54 Å². The number of aromatic amines is 1. The fraction of sp³-hybridized carbons (Fsp3) is 0.318. The van der Waals surface area contributed by atoms with Crippen LogP contribution in [0.25, 0.3) is 22.5 Å². The van der Waals surface area contributed by atoms with Crippen LogP contribution in [0.4, 0.5) is 0 Å². The number of imidazole rings is 1. The molecule has 1 unspecified atom stereocenters. The summed E-state index contributed by atoms with van der Waals surface area (Å²) in [5.41, 5.74) is 2.70. The lowest BCUT2D eigenvalue weighted by Gasteiger charge is -2.33. The van der Waals surface area contributed by atoms with Gasteiger partial charge in [0.15, 0.2) is 0 Å². The summed E-state index contributed by atoms with van der Waals surface area (Å²) in [6.45, 7) is 4.67. The third kappa shape index (κ3) is 3.38. The van der Waals surface area contributed by atoms with Crippen molar-refractivity contribution in [3.05, 3.63) is 53.6 Å². The molecule has 1 aliphatic heterocycles. The Morgan fingerprint density at radius 2 is 2.03 bits per heavy atom. The van der Waals surface area contributed by atoms with Crippen molar-refractivity contribution in [2.45, 2.75) is 38.6 Å². The van der Waals surface area contributed by atoms with Crippen molar-refractivity contribution < 1.29 is 9.90 Å². The molecule has 150 valence electrons. The van der Waals surface area contributed by atoms with Crippen LogP contribution in [0.5, 0.6) is 5.75 Å². The van der Waals surface area contributed by atoms with E-state index in [4.69, 9.17) is 16.6 Å². The molecule has 6 nitrogen and oxygen atoms in total. The SMILES string of the molecule is CCC(=O)N1CCCC1(C)c1nc(-c2ccc(Cl)c(O)c2)c(-c2ccncc2)[nH]1. The fourth-order valence-corrected chi connectivity index (χ4v) is 4.14. The van der Waals surface area contributed by atoms with Gasteiger partial charge in [0.2, 0.25) is 5.91 Å². The Hall–Kier alpha value is -2.86. The number of carbonyl (C=O) groups is 1. The van der Waals surface area contributed by atoms with E-state index in [0.717, 1.165) is 42.0 Å². The van der Waals surface area contributed by atoms with Crippen molar-refractivity contribution in [2.24, 2.45) is 0 Å². The van der Waals surface area contributed by atoms with Gasteiger partial charge in [-0.25, -0.2) is 4.98 Å². The van der Waals surface area contributed by atoms with Gasteiger partial charge in [0.25, 0.3) is 0 Å². The summed E-state index contributed by atoms with van der Waals surface area (Å²) < 4.78 is 0. The number of nitrogens with one attached hydrogen (secondary N) is 1. The van der Waals surface area contributed by atoms with Crippen molar-refractivity contribution in [3.8, 4) is 28.3 Å². The second-order valence-electron chi connectivity index (χ2n) is 7.49. The third-order valence-corrected chi connectivity index (χ3v) is 5.97. The molecule has 1 aliphatic rings. The number of nitrogens with zero attached hydrogens (tertiary/aromatic N) is 3. The molecule has 0 bridgehead atoms. The van der Waals surface area contributed by atoms with E-state index in [9.17, 15) is 9.90 Å². The van der Waals surface area contributed by atoms with Gasteiger partial charge in [-0.3, -0.25) is 9.78 Å². The first-order valence-corrected chi connectivity index (χ1v) is 10.1. The second kappa shape index (κ2) is 7.52. The summed E-state index contributed by atoms with van der Waals surface area (Å²) in [5.74, 6) is 0.870. The minimum absolute atomic E-state index is 0.00394. The Labute approximate surface area is 174 Å². The first kappa shape index (κ1) is 19.5.